The fourth-order valence-electron chi connectivity index (χ4n) is 5.09. The first-order valence-electron chi connectivity index (χ1n) is 13.0. The molecule has 2 fully saturated rings. The molecular weight excluding hydrogens is 513 g/mol. The van der Waals surface area contributed by atoms with Gasteiger partial charge in [-0.1, -0.05) is 19.4 Å². The van der Waals surface area contributed by atoms with Crippen LogP contribution in [0.25, 0.3) is 0 Å². The third-order valence-electron chi connectivity index (χ3n) is 7.42. The van der Waals surface area contributed by atoms with E-state index in [1.807, 2.05) is 24.0 Å². The first kappa shape index (κ1) is 28.2. The molecular formula is C26H36FN5O5S. The highest BCUT2D eigenvalue weighted by Gasteiger charge is 2.55. The van der Waals surface area contributed by atoms with Gasteiger partial charge in [0.15, 0.2) is 16.3 Å². The number of rotatable bonds is 10. The van der Waals surface area contributed by atoms with Crippen molar-refractivity contribution in [3.05, 3.63) is 54.1 Å². The van der Waals surface area contributed by atoms with Crippen molar-refractivity contribution in [3.8, 4) is 5.75 Å². The summed E-state index contributed by atoms with van der Waals surface area (Å²) in [6, 6.07) is 8.57. The minimum atomic E-state index is -4.09. The molecule has 38 heavy (non-hydrogen) atoms. The number of aromatic nitrogens is 1. The second-order valence-electron chi connectivity index (χ2n) is 9.78. The maximum absolute atomic E-state index is 14.6. The number of sulfonamides is 1. The summed E-state index contributed by atoms with van der Waals surface area (Å²) in [5, 5.41) is 9.46. The van der Waals surface area contributed by atoms with Gasteiger partial charge in [-0.3, -0.25) is 19.9 Å². The van der Waals surface area contributed by atoms with E-state index in [1.54, 1.807) is 30.0 Å². The van der Waals surface area contributed by atoms with Crippen LogP contribution in [-0.2, 0) is 21.4 Å². The molecule has 2 aliphatic heterocycles. The minimum Gasteiger partial charge on any atom is -0.491 e. The molecule has 0 aliphatic carbocycles. The molecule has 1 amide bonds. The minimum absolute atomic E-state index is 0.0624. The number of carbonyl (C=O) groups is 1. The number of hydrogen-bond acceptors (Lipinski definition) is 8. The number of hydrogen-bond donors (Lipinski definition) is 2. The van der Waals surface area contributed by atoms with E-state index in [1.165, 1.54) is 10.4 Å². The smallest absolute Gasteiger partial charge is 0.266 e. The molecule has 2 saturated heterocycles. The monoisotopic (exact) mass is 549 g/mol. The zero-order valence-electron chi connectivity index (χ0n) is 21.7. The Hall–Kier alpha value is -2.80. The van der Waals surface area contributed by atoms with Gasteiger partial charge in [-0.2, -0.15) is 4.31 Å². The fraction of sp³-hybridized carbons (Fsp3) is 0.538. The molecule has 3 heterocycles. The van der Waals surface area contributed by atoms with E-state index < -0.39 is 26.5 Å². The second-order valence-corrected chi connectivity index (χ2v) is 12.0. The number of benzene rings is 1. The molecule has 0 spiro atoms. The van der Waals surface area contributed by atoms with Gasteiger partial charge in [0.25, 0.3) is 5.91 Å². The number of anilines is 1. The molecule has 1 aromatic heterocycles. The molecule has 0 bridgehead atoms. The highest BCUT2D eigenvalue weighted by Crippen LogP contribution is 2.35. The lowest BCUT2D eigenvalue weighted by molar-refractivity contribution is -0.133. The Morgan fingerprint density at radius 2 is 1.89 bits per heavy atom. The van der Waals surface area contributed by atoms with Gasteiger partial charge in [0, 0.05) is 70.0 Å². The van der Waals surface area contributed by atoms with Gasteiger partial charge < -0.3 is 9.64 Å². The van der Waals surface area contributed by atoms with Gasteiger partial charge in [-0.05, 0) is 43.0 Å². The lowest BCUT2D eigenvalue weighted by atomic mass is 9.94. The number of ether oxygens (including phenoxy) is 1. The Bertz CT molecular complexity index is 1180. The number of halogens is 1. The Balaban J connectivity index is 1.41. The van der Waals surface area contributed by atoms with Crippen molar-refractivity contribution in [1.82, 2.24) is 19.7 Å². The third kappa shape index (κ3) is 5.93. The standard InChI is InChI=1S/C26H36FN5O5S/c1-2-3-17-37-24-7-6-22(18-23(24)27)31-13-15-32(16-14-31)38(35,36)26(25(33)29-34)8-11-30(12-9-26)20-21-5-4-10-28-19-21/h4-7,10,18-19,34H,2-3,8-9,11-17,20H2,1H3,(H,29,33). The molecule has 4 rings (SSSR count). The number of carbonyl (C=O) groups excluding carboxylic acids is 1. The summed E-state index contributed by atoms with van der Waals surface area (Å²) in [5.41, 5.74) is 3.26. The molecule has 2 aromatic rings. The second kappa shape index (κ2) is 12.4. The van der Waals surface area contributed by atoms with Crippen LogP contribution in [0.2, 0.25) is 0 Å². The van der Waals surface area contributed by atoms with Crippen molar-refractivity contribution in [1.29, 1.82) is 0 Å². The van der Waals surface area contributed by atoms with Crippen LogP contribution >= 0.6 is 0 Å². The third-order valence-corrected chi connectivity index (χ3v) is 10.0. The zero-order valence-corrected chi connectivity index (χ0v) is 22.5. The predicted molar refractivity (Wildman–Crippen MR) is 141 cm³/mol. The van der Waals surface area contributed by atoms with Crippen molar-refractivity contribution >= 4 is 21.6 Å². The molecule has 2 aliphatic rings. The lowest BCUT2D eigenvalue weighted by Gasteiger charge is -2.44. The number of likely N-dealkylation sites (tertiary alicyclic amines) is 1. The van der Waals surface area contributed by atoms with E-state index in [4.69, 9.17) is 4.74 Å². The highest BCUT2D eigenvalue weighted by molar-refractivity contribution is 7.91. The molecule has 0 unspecified atom stereocenters. The van der Waals surface area contributed by atoms with E-state index in [-0.39, 0.29) is 31.7 Å². The number of pyridine rings is 1. The molecule has 0 saturated carbocycles. The molecule has 2 N–H and O–H groups in total. The van der Waals surface area contributed by atoms with Crippen molar-refractivity contribution in [2.24, 2.45) is 0 Å². The first-order valence-corrected chi connectivity index (χ1v) is 14.5. The Morgan fingerprint density at radius 1 is 1.16 bits per heavy atom. The van der Waals surface area contributed by atoms with Crippen molar-refractivity contribution < 1.29 is 27.5 Å². The van der Waals surface area contributed by atoms with Crippen LogP contribution in [0, 0.1) is 5.82 Å². The fourth-order valence-corrected chi connectivity index (χ4v) is 7.21. The largest absolute Gasteiger partial charge is 0.491 e. The number of nitrogens with zero attached hydrogens (tertiary/aromatic N) is 4. The summed E-state index contributed by atoms with van der Waals surface area (Å²) in [6.45, 7) is 4.85. The average molecular weight is 550 g/mol. The van der Waals surface area contributed by atoms with Gasteiger partial charge in [0.2, 0.25) is 10.0 Å². The summed E-state index contributed by atoms with van der Waals surface area (Å²) in [4.78, 5) is 20.9. The van der Waals surface area contributed by atoms with E-state index in [0.717, 1.165) is 18.4 Å². The van der Waals surface area contributed by atoms with E-state index in [2.05, 4.69) is 9.88 Å². The van der Waals surface area contributed by atoms with Crippen molar-refractivity contribution in [3.63, 3.8) is 0 Å². The summed E-state index contributed by atoms with van der Waals surface area (Å²) in [6.07, 6.45) is 5.38. The van der Waals surface area contributed by atoms with E-state index in [0.29, 0.717) is 45.0 Å². The number of unbranched alkanes of at least 4 members (excludes halogenated alkanes) is 1. The number of amides is 1. The summed E-state index contributed by atoms with van der Waals surface area (Å²) < 4.78 is 47.3. The van der Waals surface area contributed by atoms with Crippen LogP contribution in [0.1, 0.15) is 38.2 Å². The van der Waals surface area contributed by atoms with Gasteiger partial charge in [0.05, 0.1) is 6.61 Å². The molecule has 208 valence electrons. The van der Waals surface area contributed by atoms with Gasteiger partial charge in [-0.25, -0.2) is 18.3 Å². The SMILES string of the molecule is CCCCOc1ccc(N2CCN(S(=O)(=O)C3(C(=O)NO)CCN(Cc4cccnc4)CC3)CC2)cc1F. The lowest BCUT2D eigenvalue weighted by Crippen LogP contribution is -2.63. The van der Waals surface area contributed by atoms with E-state index in [9.17, 15) is 22.8 Å². The molecule has 0 atom stereocenters. The Morgan fingerprint density at radius 3 is 2.50 bits per heavy atom. The predicted octanol–water partition coefficient (Wildman–Crippen LogP) is 2.39. The number of hydroxylamine groups is 1. The summed E-state index contributed by atoms with van der Waals surface area (Å²) >= 11 is 0. The number of piperidine rings is 1. The average Bonchev–Trinajstić information content (AvgIpc) is 2.94. The van der Waals surface area contributed by atoms with Crippen LogP contribution in [0.5, 0.6) is 5.75 Å². The summed E-state index contributed by atoms with van der Waals surface area (Å²) in [7, 11) is -4.09. The van der Waals surface area contributed by atoms with Gasteiger partial charge >= 0.3 is 0 Å². The topological polar surface area (TPSA) is 115 Å². The maximum Gasteiger partial charge on any atom is 0.266 e. The molecule has 1 aromatic carbocycles. The van der Waals surface area contributed by atoms with Gasteiger partial charge in [0.1, 0.15) is 0 Å². The Labute approximate surface area is 223 Å². The van der Waals surface area contributed by atoms with Crippen LogP contribution < -0.4 is 15.1 Å². The quantitative estimate of drug-likeness (QED) is 0.264. The van der Waals surface area contributed by atoms with Crippen LogP contribution in [0.15, 0.2) is 42.7 Å². The number of piperazine rings is 1. The van der Waals surface area contributed by atoms with Crippen LogP contribution in [-0.4, -0.2) is 84.3 Å². The zero-order chi connectivity index (χ0) is 27.2. The summed E-state index contributed by atoms with van der Waals surface area (Å²) in [5.74, 6) is -1.15. The van der Waals surface area contributed by atoms with Gasteiger partial charge in [-0.15, -0.1) is 0 Å². The Kier molecular flexibility index (Phi) is 9.19. The normalized spacial score (nSPS) is 18.8. The number of nitrogens with one attached hydrogen (secondary N) is 1. The first-order chi connectivity index (χ1) is 18.3. The molecule has 10 nitrogen and oxygen atoms in total. The highest BCUT2D eigenvalue weighted by atomic mass is 32.2. The van der Waals surface area contributed by atoms with Crippen LogP contribution in [0.4, 0.5) is 10.1 Å². The van der Waals surface area contributed by atoms with E-state index >= 15 is 0 Å². The molecule has 0 radical (unpaired) electrons. The maximum atomic E-state index is 14.6. The van der Waals surface area contributed by atoms with Crippen LogP contribution in [0.3, 0.4) is 0 Å². The molecule has 12 heteroatoms. The van der Waals surface area contributed by atoms with Crippen molar-refractivity contribution in [2.45, 2.75) is 43.9 Å². The van der Waals surface area contributed by atoms with Crippen molar-refractivity contribution in [2.75, 3.05) is 50.8 Å².